The van der Waals surface area contributed by atoms with E-state index in [1.54, 1.807) is 27.1 Å². The van der Waals surface area contributed by atoms with Crippen molar-refractivity contribution in [1.82, 2.24) is 34.7 Å². The molecule has 14 heteroatoms. The van der Waals surface area contributed by atoms with E-state index in [0.29, 0.717) is 69.3 Å². The van der Waals surface area contributed by atoms with Gasteiger partial charge in [0.05, 0.1) is 28.5 Å². The topological polar surface area (TPSA) is 145 Å². The molecule has 0 spiro atoms. The summed E-state index contributed by atoms with van der Waals surface area (Å²) in [6, 6.07) is 15.1. The predicted molar refractivity (Wildman–Crippen MR) is 190 cm³/mol. The Morgan fingerprint density at radius 2 is 1.65 bits per heavy atom. The summed E-state index contributed by atoms with van der Waals surface area (Å²) in [4.78, 5) is 50.0. The molecule has 0 aliphatic heterocycles. The summed E-state index contributed by atoms with van der Waals surface area (Å²) in [6.07, 6.45) is 2.18. The molecule has 0 aliphatic carbocycles. The number of carbonyl (C=O) groups is 1. The van der Waals surface area contributed by atoms with Crippen LogP contribution in [0.2, 0.25) is 10.0 Å². The molecule has 12 nitrogen and oxygen atoms in total. The summed E-state index contributed by atoms with van der Waals surface area (Å²) in [6.45, 7) is 2.89. The van der Waals surface area contributed by atoms with Gasteiger partial charge in [0.25, 0.3) is 5.56 Å². The number of nitrogens with one attached hydrogen (secondary N) is 3. The van der Waals surface area contributed by atoms with E-state index in [1.165, 1.54) is 11.6 Å². The summed E-state index contributed by atoms with van der Waals surface area (Å²) in [5.41, 5.74) is 3.17. The van der Waals surface area contributed by atoms with Gasteiger partial charge in [-0.3, -0.25) is 13.9 Å². The summed E-state index contributed by atoms with van der Waals surface area (Å²) in [7, 11) is 6.41. The third-order valence-electron chi connectivity index (χ3n) is 8.11. The molecule has 0 amide bonds. The Morgan fingerprint density at radius 3 is 2.35 bits per heavy atom. The van der Waals surface area contributed by atoms with Crippen LogP contribution in [0.3, 0.4) is 0 Å². The van der Waals surface area contributed by atoms with Crippen LogP contribution >= 0.6 is 23.2 Å². The number of pyridine rings is 1. The van der Waals surface area contributed by atoms with E-state index in [0.717, 1.165) is 22.8 Å². The van der Waals surface area contributed by atoms with Gasteiger partial charge in [-0.05, 0) is 32.5 Å². The van der Waals surface area contributed by atoms with Gasteiger partial charge in [0.15, 0.2) is 5.65 Å². The molecule has 1 unspecified atom stereocenters. The van der Waals surface area contributed by atoms with Crippen LogP contribution in [0.5, 0.6) is 5.88 Å². The fourth-order valence-corrected chi connectivity index (χ4v) is 6.09. The minimum Gasteiger partial charge on any atom is -0.481 e. The van der Waals surface area contributed by atoms with Crippen LogP contribution in [0.4, 0.5) is 11.5 Å². The normalized spacial score (nSPS) is 11.9. The van der Waals surface area contributed by atoms with E-state index in [4.69, 9.17) is 32.9 Å². The Labute approximate surface area is 287 Å². The van der Waals surface area contributed by atoms with Crippen LogP contribution in [-0.2, 0) is 25.4 Å². The number of likely N-dealkylation sites (N-methyl/N-ethyl adjacent to an activating group) is 1. The Hall–Kier alpha value is -4.62. The number of methoxy groups -OCH3 is 1. The largest absolute Gasteiger partial charge is 0.481 e. The van der Waals surface area contributed by atoms with Crippen molar-refractivity contribution in [3.05, 3.63) is 90.8 Å². The van der Waals surface area contributed by atoms with Gasteiger partial charge >= 0.3 is 5.69 Å². The molecule has 1 atom stereocenters. The van der Waals surface area contributed by atoms with Gasteiger partial charge < -0.3 is 25.5 Å². The Balaban J connectivity index is 1.46. The molecule has 0 radical (unpaired) electrons. The van der Waals surface area contributed by atoms with Gasteiger partial charge in [0.1, 0.15) is 23.3 Å². The van der Waals surface area contributed by atoms with Crippen molar-refractivity contribution < 1.29 is 9.53 Å². The Kier molecular flexibility index (Phi) is 10.9. The van der Waals surface area contributed by atoms with Gasteiger partial charge in [-0.2, -0.15) is 0 Å². The van der Waals surface area contributed by atoms with E-state index >= 15 is 0 Å². The van der Waals surface area contributed by atoms with E-state index < -0.39 is 11.2 Å². The van der Waals surface area contributed by atoms with E-state index in [9.17, 15) is 14.4 Å². The third-order valence-corrected chi connectivity index (χ3v) is 8.92. The molecule has 3 aromatic heterocycles. The number of anilines is 2. The first-order valence-corrected chi connectivity index (χ1v) is 16.0. The van der Waals surface area contributed by atoms with Crippen LogP contribution in [0.1, 0.15) is 24.2 Å². The maximum absolute atomic E-state index is 13.2. The third kappa shape index (κ3) is 6.97. The predicted octanol–water partition coefficient (Wildman–Crippen LogP) is 4.78. The quantitative estimate of drug-likeness (QED) is 0.148. The molecule has 5 rings (SSSR count). The molecule has 2 aromatic carbocycles. The van der Waals surface area contributed by atoms with Crippen molar-refractivity contribution in [2.45, 2.75) is 32.4 Å². The molecule has 0 bridgehead atoms. The molecule has 3 N–H and O–H groups in total. The number of carbonyl (C=O) groups excluding carboxylic acids is 1. The number of nitrogens with zero attached hydrogens (tertiary/aromatic N) is 5. The van der Waals surface area contributed by atoms with Crippen LogP contribution in [0.15, 0.2) is 58.1 Å². The number of ether oxygens (including phenoxy) is 1. The SMILES string of the molecule is CNC(CCC=O)CNCc1ccc(-c2cccc(-c3cccc(Nc4nc(C)nc5c4c(=O)n(C)c(=O)n5C)c3Cl)c2Cl)nc1OC. The molecular formula is C34H36Cl2N8O4. The lowest BCUT2D eigenvalue weighted by Crippen LogP contribution is -2.37. The van der Waals surface area contributed by atoms with E-state index in [1.807, 2.05) is 49.5 Å². The lowest BCUT2D eigenvalue weighted by atomic mass is 10.00. The second-order valence-corrected chi connectivity index (χ2v) is 12.0. The van der Waals surface area contributed by atoms with Gasteiger partial charge in [-0.15, -0.1) is 0 Å². The molecule has 3 heterocycles. The molecule has 5 aromatic rings. The number of hydrogen-bond acceptors (Lipinski definition) is 10. The molecule has 250 valence electrons. The van der Waals surface area contributed by atoms with E-state index in [2.05, 4.69) is 25.9 Å². The first-order valence-electron chi connectivity index (χ1n) is 15.2. The van der Waals surface area contributed by atoms with Crippen molar-refractivity contribution in [2.75, 3.05) is 26.0 Å². The minimum absolute atomic E-state index is 0.158. The lowest BCUT2D eigenvalue weighted by Gasteiger charge is -2.17. The maximum Gasteiger partial charge on any atom is 0.332 e. The van der Waals surface area contributed by atoms with Crippen LogP contribution < -0.4 is 31.9 Å². The lowest BCUT2D eigenvalue weighted by molar-refractivity contribution is -0.108. The molecule has 0 saturated carbocycles. The number of halogens is 2. The number of rotatable bonds is 13. The zero-order chi connectivity index (χ0) is 34.5. The smallest absolute Gasteiger partial charge is 0.332 e. The highest BCUT2D eigenvalue weighted by atomic mass is 35.5. The molecule has 0 aliphatic rings. The van der Waals surface area contributed by atoms with Crippen molar-refractivity contribution in [3.8, 4) is 28.3 Å². The second kappa shape index (κ2) is 15.1. The number of benzene rings is 2. The minimum atomic E-state index is -0.528. The second-order valence-electron chi connectivity index (χ2n) is 11.2. The average molecular weight is 692 g/mol. The van der Waals surface area contributed by atoms with Crippen molar-refractivity contribution >= 4 is 52.0 Å². The zero-order valence-electron chi connectivity index (χ0n) is 27.2. The number of aldehydes is 1. The summed E-state index contributed by atoms with van der Waals surface area (Å²) < 4.78 is 7.95. The molecular weight excluding hydrogens is 655 g/mol. The van der Waals surface area contributed by atoms with Crippen LogP contribution in [0.25, 0.3) is 33.4 Å². The molecule has 0 saturated heterocycles. The number of fused-ring (bicyclic) bond motifs is 1. The molecule has 48 heavy (non-hydrogen) atoms. The first-order chi connectivity index (χ1) is 23.1. The number of hydrogen-bond donors (Lipinski definition) is 3. The van der Waals surface area contributed by atoms with Crippen molar-refractivity contribution in [1.29, 1.82) is 0 Å². The number of aryl methyl sites for hydroxylation is 2. The maximum atomic E-state index is 13.2. The molecule has 0 fully saturated rings. The highest BCUT2D eigenvalue weighted by Crippen LogP contribution is 2.42. The van der Waals surface area contributed by atoms with Gasteiger partial charge in [-0.25, -0.2) is 19.7 Å². The van der Waals surface area contributed by atoms with Gasteiger partial charge in [0.2, 0.25) is 5.88 Å². The summed E-state index contributed by atoms with van der Waals surface area (Å²) in [5, 5.41) is 10.8. The van der Waals surface area contributed by atoms with Gasteiger partial charge in [-0.1, -0.05) is 59.6 Å². The Bertz CT molecular complexity index is 2110. The van der Waals surface area contributed by atoms with Crippen LogP contribution in [0, 0.1) is 6.92 Å². The van der Waals surface area contributed by atoms with Gasteiger partial charge in [0, 0.05) is 61.9 Å². The highest BCUT2D eigenvalue weighted by Gasteiger charge is 2.20. The van der Waals surface area contributed by atoms with Crippen molar-refractivity contribution in [3.63, 3.8) is 0 Å². The first kappa shape index (κ1) is 34.7. The number of aromatic nitrogens is 5. The van der Waals surface area contributed by atoms with Crippen LogP contribution in [-0.4, -0.2) is 57.1 Å². The Morgan fingerprint density at radius 1 is 0.938 bits per heavy atom. The fraction of sp³-hybridized carbons (Fsp3) is 0.294. The average Bonchev–Trinajstić information content (AvgIpc) is 3.09. The fourth-order valence-electron chi connectivity index (χ4n) is 5.49. The standard InChI is InChI=1S/C34H36Cl2N8O4/c1-19-39-30(27-31(40-19)43(3)34(47)44(4)33(27)46)41-26-13-7-11-23(29(26)36)22-10-6-12-24(28(22)35)25-15-14-20(32(42-25)48-5)17-38-18-21(37-2)9-8-16-45/h6-7,10-16,21,37-38H,8-9,17-18H2,1-5H3,(H,39,40,41). The monoisotopic (exact) mass is 690 g/mol. The summed E-state index contributed by atoms with van der Waals surface area (Å²) in [5.74, 6) is 1.06. The summed E-state index contributed by atoms with van der Waals surface area (Å²) >= 11 is 14.0. The zero-order valence-corrected chi connectivity index (χ0v) is 28.7. The highest BCUT2D eigenvalue weighted by molar-refractivity contribution is 6.39. The van der Waals surface area contributed by atoms with Crippen molar-refractivity contribution in [2.24, 2.45) is 14.1 Å². The van der Waals surface area contributed by atoms with E-state index in [-0.39, 0.29) is 22.9 Å².